The molecule has 0 aliphatic rings. The Morgan fingerprint density at radius 2 is 2.14 bits per heavy atom. The predicted molar refractivity (Wildman–Crippen MR) is 59.4 cm³/mol. The molecule has 0 unspecified atom stereocenters. The first kappa shape index (κ1) is 11.5. The number of halogens is 1. The molecule has 1 rings (SSSR count). The second-order valence-corrected chi connectivity index (χ2v) is 3.68. The average Bonchev–Trinajstić information content (AvgIpc) is 2.18. The molecule has 0 aliphatic carbocycles. The molecular weight excluding hydrogens is 246 g/mol. The van der Waals surface area contributed by atoms with Crippen molar-refractivity contribution in [1.29, 1.82) is 0 Å². The van der Waals surface area contributed by atoms with Crippen molar-refractivity contribution in [2.45, 2.75) is 6.54 Å². The Kier molecular flexibility index (Phi) is 4.93. The standard InChI is InChI=1S/C10H14BrNO2/c1-13-7-12-6-8-3-4-10(14-2)9(11)5-8/h3-5,12H,6-7H2,1-2H3. The molecule has 0 radical (unpaired) electrons. The highest BCUT2D eigenvalue weighted by atomic mass is 79.9. The van der Waals surface area contributed by atoms with Crippen LogP contribution >= 0.6 is 15.9 Å². The maximum Gasteiger partial charge on any atom is 0.133 e. The van der Waals surface area contributed by atoms with Gasteiger partial charge in [0.2, 0.25) is 0 Å². The van der Waals surface area contributed by atoms with Crippen molar-refractivity contribution in [2.24, 2.45) is 0 Å². The third-order valence-corrected chi connectivity index (χ3v) is 2.41. The zero-order valence-electron chi connectivity index (χ0n) is 8.34. The van der Waals surface area contributed by atoms with Crippen molar-refractivity contribution in [3.63, 3.8) is 0 Å². The third kappa shape index (κ3) is 3.29. The Bertz CT molecular complexity index is 291. The van der Waals surface area contributed by atoms with Crippen LogP contribution in [0.25, 0.3) is 0 Å². The minimum absolute atomic E-state index is 0.559. The molecule has 0 saturated heterocycles. The molecule has 78 valence electrons. The molecule has 1 aromatic rings. The zero-order valence-corrected chi connectivity index (χ0v) is 9.93. The van der Waals surface area contributed by atoms with E-state index in [1.807, 2.05) is 18.2 Å². The second-order valence-electron chi connectivity index (χ2n) is 2.83. The van der Waals surface area contributed by atoms with Crippen molar-refractivity contribution in [2.75, 3.05) is 21.0 Å². The van der Waals surface area contributed by atoms with E-state index in [0.717, 1.165) is 16.8 Å². The lowest BCUT2D eigenvalue weighted by molar-refractivity contribution is 0.174. The first-order valence-corrected chi connectivity index (χ1v) is 5.09. The van der Waals surface area contributed by atoms with Crippen molar-refractivity contribution in [1.82, 2.24) is 5.32 Å². The Balaban J connectivity index is 2.57. The van der Waals surface area contributed by atoms with E-state index >= 15 is 0 Å². The highest BCUT2D eigenvalue weighted by molar-refractivity contribution is 9.10. The van der Waals surface area contributed by atoms with Gasteiger partial charge in [-0.2, -0.15) is 0 Å². The van der Waals surface area contributed by atoms with E-state index in [1.54, 1.807) is 14.2 Å². The molecule has 0 aromatic heterocycles. The maximum atomic E-state index is 5.13. The van der Waals surface area contributed by atoms with Crippen molar-refractivity contribution in [3.8, 4) is 5.75 Å². The summed E-state index contributed by atoms with van der Waals surface area (Å²) in [6, 6.07) is 5.99. The van der Waals surface area contributed by atoms with Crippen LogP contribution in [0.15, 0.2) is 22.7 Å². The van der Waals surface area contributed by atoms with Gasteiger partial charge in [-0.25, -0.2) is 0 Å². The first-order chi connectivity index (χ1) is 6.77. The lowest BCUT2D eigenvalue weighted by Crippen LogP contribution is -2.15. The van der Waals surface area contributed by atoms with Gasteiger partial charge in [0.1, 0.15) is 5.75 Å². The van der Waals surface area contributed by atoms with Crippen LogP contribution < -0.4 is 10.1 Å². The molecule has 1 aromatic carbocycles. The molecule has 0 spiro atoms. The van der Waals surface area contributed by atoms with E-state index in [9.17, 15) is 0 Å². The van der Waals surface area contributed by atoms with Gasteiger partial charge in [0.15, 0.2) is 0 Å². The molecule has 14 heavy (non-hydrogen) atoms. The lowest BCUT2D eigenvalue weighted by atomic mass is 10.2. The first-order valence-electron chi connectivity index (χ1n) is 4.30. The molecule has 4 heteroatoms. The van der Waals surface area contributed by atoms with Gasteiger partial charge >= 0.3 is 0 Å². The Labute approximate surface area is 92.5 Å². The van der Waals surface area contributed by atoms with E-state index in [0.29, 0.717) is 6.73 Å². The van der Waals surface area contributed by atoms with E-state index < -0.39 is 0 Å². The summed E-state index contributed by atoms with van der Waals surface area (Å²) >= 11 is 3.43. The zero-order chi connectivity index (χ0) is 10.4. The van der Waals surface area contributed by atoms with Gasteiger partial charge in [-0.1, -0.05) is 6.07 Å². The number of ether oxygens (including phenoxy) is 2. The summed E-state index contributed by atoms with van der Waals surface area (Å²) in [4.78, 5) is 0. The fourth-order valence-electron chi connectivity index (χ4n) is 1.12. The third-order valence-electron chi connectivity index (χ3n) is 1.79. The van der Waals surface area contributed by atoms with Crippen LogP contribution in [0.3, 0.4) is 0 Å². The average molecular weight is 260 g/mol. The normalized spacial score (nSPS) is 10.2. The highest BCUT2D eigenvalue weighted by Crippen LogP contribution is 2.25. The van der Waals surface area contributed by atoms with Gasteiger partial charge in [0.25, 0.3) is 0 Å². The van der Waals surface area contributed by atoms with Gasteiger partial charge in [-0.3, -0.25) is 5.32 Å². The van der Waals surface area contributed by atoms with Crippen LogP contribution in [0.5, 0.6) is 5.75 Å². The highest BCUT2D eigenvalue weighted by Gasteiger charge is 2.00. The topological polar surface area (TPSA) is 30.5 Å². The minimum atomic E-state index is 0.559. The van der Waals surface area contributed by atoms with Crippen LogP contribution in [0, 0.1) is 0 Å². The van der Waals surface area contributed by atoms with E-state index in [2.05, 4.69) is 21.2 Å². The molecule has 1 N–H and O–H groups in total. The Hall–Kier alpha value is -0.580. The Morgan fingerprint density at radius 3 is 2.71 bits per heavy atom. The molecule has 0 aliphatic heterocycles. The maximum absolute atomic E-state index is 5.13. The van der Waals surface area contributed by atoms with Gasteiger partial charge < -0.3 is 9.47 Å². The van der Waals surface area contributed by atoms with Crippen LogP contribution in [-0.4, -0.2) is 21.0 Å². The SMILES string of the molecule is COCNCc1ccc(OC)c(Br)c1. The van der Waals surface area contributed by atoms with Gasteiger partial charge in [0, 0.05) is 13.7 Å². The van der Waals surface area contributed by atoms with Crippen molar-refractivity contribution in [3.05, 3.63) is 28.2 Å². The van der Waals surface area contributed by atoms with E-state index in [-0.39, 0.29) is 0 Å². The lowest BCUT2D eigenvalue weighted by Gasteiger charge is -2.07. The van der Waals surface area contributed by atoms with E-state index in [1.165, 1.54) is 5.56 Å². The molecule has 0 atom stereocenters. The largest absolute Gasteiger partial charge is 0.496 e. The molecule has 0 fully saturated rings. The van der Waals surface area contributed by atoms with E-state index in [4.69, 9.17) is 9.47 Å². The number of benzene rings is 1. The minimum Gasteiger partial charge on any atom is -0.496 e. The van der Waals surface area contributed by atoms with Crippen molar-refractivity contribution >= 4 is 15.9 Å². The fraction of sp³-hybridized carbons (Fsp3) is 0.400. The molecular formula is C10H14BrNO2. The van der Waals surface area contributed by atoms with Crippen LogP contribution in [0.2, 0.25) is 0 Å². The molecule has 0 saturated carbocycles. The van der Waals surface area contributed by atoms with Crippen LogP contribution in [0.4, 0.5) is 0 Å². The fourth-order valence-corrected chi connectivity index (χ4v) is 1.71. The quantitative estimate of drug-likeness (QED) is 0.650. The smallest absolute Gasteiger partial charge is 0.133 e. The van der Waals surface area contributed by atoms with Gasteiger partial charge in [-0.05, 0) is 33.6 Å². The molecule has 0 heterocycles. The second kappa shape index (κ2) is 6.01. The molecule has 0 amide bonds. The summed E-state index contributed by atoms with van der Waals surface area (Å²) in [5.41, 5.74) is 1.19. The summed E-state index contributed by atoms with van der Waals surface area (Å²) < 4.78 is 11.0. The molecule has 0 bridgehead atoms. The van der Waals surface area contributed by atoms with Gasteiger partial charge in [0.05, 0.1) is 18.3 Å². The summed E-state index contributed by atoms with van der Waals surface area (Å²) in [5.74, 6) is 0.848. The van der Waals surface area contributed by atoms with Gasteiger partial charge in [-0.15, -0.1) is 0 Å². The van der Waals surface area contributed by atoms with Crippen LogP contribution in [-0.2, 0) is 11.3 Å². The monoisotopic (exact) mass is 259 g/mol. The van der Waals surface area contributed by atoms with Crippen LogP contribution in [0.1, 0.15) is 5.56 Å². The number of rotatable bonds is 5. The summed E-state index contributed by atoms with van der Waals surface area (Å²) in [6.45, 7) is 1.35. The van der Waals surface area contributed by atoms with Crippen molar-refractivity contribution < 1.29 is 9.47 Å². The predicted octanol–water partition coefficient (Wildman–Crippen LogP) is 2.15. The number of methoxy groups -OCH3 is 2. The number of hydrogen-bond acceptors (Lipinski definition) is 3. The summed E-state index contributed by atoms with van der Waals surface area (Å²) in [6.07, 6.45) is 0. The number of nitrogens with one attached hydrogen (secondary N) is 1. The molecule has 3 nitrogen and oxygen atoms in total. The number of hydrogen-bond donors (Lipinski definition) is 1. The summed E-state index contributed by atoms with van der Waals surface area (Å²) in [5, 5.41) is 3.13. The Morgan fingerprint density at radius 1 is 1.36 bits per heavy atom. The summed E-state index contributed by atoms with van der Waals surface area (Å²) in [7, 11) is 3.32.